The summed E-state index contributed by atoms with van der Waals surface area (Å²) in [4.78, 5) is 54.5. The SMILES string of the molecule is Cc1ncsc1-c1ccc(CNC(=O)C2C[C@@H](O)CN2C(=O)[C@@H](NC(=O)COCCN2CCC(n3cc(-c4cnc(N)c5c(-c6ccc(NS(=O)(=O)C(F)F)c(O[C@@H](C)c7ccc(F)cc7)c6)nn(C)c45)cn3)CC2)C(C)(C)C)cc1. The van der Waals surface area contributed by atoms with Crippen LogP contribution in [0.1, 0.15) is 75.9 Å². The summed E-state index contributed by atoms with van der Waals surface area (Å²) in [5.74, 6) is -5.44. The Hall–Kier alpha value is -7.45. The molecule has 2 aliphatic heterocycles. The highest BCUT2D eigenvalue weighted by Gasteiger charge is 2.44. The normalized spacial score (nSPS) is 17.1. The Kier molecular flexibility index (Phi) is 17.5. The number of nitrogens with one attached hydrogen (secondary N) is 3. The van der Waals surface area contributed by atoms with Crippen molar-refractivity contribution in [3.05, 3.63) is 113 Å². The van der Waals surface area contributed by atoms with E-state index in [2.05, 4.69) is 25.5 Å². The molecule has 430 valence electrons. The van der Waals surface area contributed by atoms with Crippen molar-refractivity contribution in [1.82, 2.24) is 50.0 Å². The number of nitrogens with zero attached hydrogens (tertiary/aromatic N) is 8. The molecule has 0 aliphatic carbocycles. The summed E-state index contributed by atoms with van der Waals surface area (Å²) in [6.07, 6.45) is 5.29. The molecule has 4 atom stereocenters. The monoisotopic (exact) mass is 1150 g/mol. The molecule has 6 N–H and O–H groups in total. The van der Waals surface area contributed by atoms with Gasteiger partial charge in [0.25, 0.3) is 10.0 Å². The summed E-state index contributed by atoms with van der Waals surface area (Å²) in [7, 11) is -3.35. The number of benzene rings is 3. The number of ether oxygens (including phenoxy) is 2. The number of aliphatic hydroxyl groups excluding tert-OH is 1. The van der Waals surface area contributed by atoms with Gasteiger partial charge in [-0.05, 0) is 73.1 Å². The number of pyridine rings is 1. The Morgan fingerprint density at radius 3 is 2.37 bits per heavy atom. The summed E-state index contributed by atoms with van der Waals surface area (Å²) in [6, 6.07) is 15.7. The number of aromatic nitrogens is 6. The van der Waals surface area contributed by atoms with E-state index in [9.17, 15) is 41.1 Å². The molecule has 81 heavy (non-hydrogen) atoms. The predicted octanol–water partition coefficient (Wildman–Crippen LogP) is 7.22. The van der Waals surface area contributed by atoms with E-state index >= 15 is 0 Å². The maximum Gasteiger partial charge on any atom is 0.355 e. The number of carbonyl (C=O) groups is 3. The second kappa shape index (κ2) is 24.3. The number of halogens is 3. The number of carbonyl (C=O) groups excluding carboxylic acids is 3. The maximum absolute atomic E-state index is 14.1. The van der Waals surface area contributed by atoms with Crippen molar-refractivity contribution in [2.75, 3.05) is 49.8 Å². The third-order valence-corrected chi connectivity index (χ3v) is 16.6. The summed E-state index contributed by atoms with van der Waals surface area (Å²) >= 11 is 1.56. The third kappa shape index (κ3) is 13.3. The van der Waals surface area contributed by atoms with Gasteiger partial charge in [0, 0.05) is 75.3 Å². The highest BCUT2D eigenvalue weighted by atomic mass is 32.2. The number of rotatable bonds is 20. The van der Waals surface area contributed by atoms with Crippen LogP contribution in [-0.4, -0.2) is 134 Å². The van der Waals surface area contributed by atoms with Crippen molar-refractivity contribution in [3.8, 4) is 38.6 Å². The molecule has 3 amide bonds. The minimum absolute atomic E-state index is 0.0403. The van der Waals surface area contributed by atoms with Gasteiger partial charge in [0.1, 0.15) is 47.9 Å². The van der Waals surface area contributed by atoms with Gasteiger partial charge >= 0.3 is 5.76 Å². The Balaban J connectivity index is 0.780. The first kappa shape index (κ1) is 58.2. The van der Waals surface area contributed by atoms with Crippen LogP contribution in [0.15, 0.2) is 90.8 Å². The first-order valence-electron chi connectivity index (χ1n) is 26.4. The van der Waals surface area contributed by atoms with E-state index in [1.807, 2.05) is 67.6 Å². The van der Waals surface area contributed by atoms with Crippen LogP contribution in [0.3, 0.4) is 0 Å². The Morgan fingerprint density at radius 2 is 1.69 bits per heavy atom. The molecular formula is C56H65F3N12O8S2. The molecular weight excluding hydrogens is 1090 g/mol. The topological polar surface area (TPSA) is 254 Å². The number of β-amino-alcohol motifs (C(OH)–C–C–N with tert-alkyl or cyclic N) is 1. The molecule has 4 aromatic heterocycles. The largest absolute Gasteiger partial charge is 0.484 e. The van der Waals surface area contributed by atoms with Crippen LogP contribution in [-0.2, 0) is 42.7 Å². The number of alkyl halides is 2. The molecule has 0 saturated carbocycles. The molecule has 0 radical (unpaired) electrons. The van der Waals surface area contributed by atoms with Crippen LogP contribution in [0, 0.1) is 18.2 Å². The summed E-state index contributed by atoms with van der Waals surface area (Å²) < 4.78 is 82.8. The quantitative estimate of drug-likeness (QED) is 0.0473. The van der Waals surface area contributed by atoms with Gasteiger partial charge in [-0.15, -0.1) is 11.3 Å². The van der Waals surface area contributed by atoms with Crippen LogP contribution in [0.4, 0.5) is 24.7 Å². The summed E-state index contributed by atoms with van der Waals surface area (Å²) in [5, 5.41) is 26.4. The molecule has 6 heterocycles. The number of fused-ring (bicyclic) bond motifs is 1. The van der Waals surface area contributed by atoms with Gasteiger partial charge in [-0.2, -0.15) is 19.0 Å². The number of aliphatic hydroxyl groups is 1. The zero-order valence-corrected chi connectivity index (χ0v) is 47.2. The molecule has 25 heteroatoms. The van der Waals surface area contributed by atoms with Gasteiger partial charge in [-0.25, -0.2) is 22.8 Å². The van der Waals surface area contributed by atoms with Crippen LogP contribution in [0.2, 0.25) is 0 Å². The van der Waals surface area contributed by atoms with E-state index in [0.717, 1.165) is 53.2 Å². The third-order valence-electron chi connectivity index (χ3n) is 14.6. The number of amides is 3. The van der Waals surface area contributed by atoms with Crippen molar-refractivity contribution in [2.24, 2.45) is 12.5 Å². The number of nitrogen functional groups attached to an aromatic ring is 1. The Bertz CT molecular complexity index is 3510. The smallest absolute Gasteiger partial charge is 0.355 e. The fraction of sp³-hybridized carbons (Fsp3) is 0.411. The molecule has 20 nitrogen and oxygen atoms in total. The molecule has 2 fully saturated rings. The molecule has 0 spiro atoms. The molecule has 2 saturated heterocycles. The maximum atomic E-state index is 14.1. The first-order valence-corrected chi connectivity index (χ1v) is 28.8. The number of anilines is 2. The van der Waals surface area contributed by atoms with E-state index in [4.69, 9.17) is 25.4 Å². The van der Waals surface area contributed by atoms with E-state index in [-0.39, 0.29) is 61.9 Å². The van der Waals surface area contributed by atoms with Gasteiger partial charge < -0.3 is 40.7 Å². The fourth-order valence-electron chi connectivity index (χ4n) is 10.2. The number of hydrogen-bond acceptors (Lipinski definition) is 15. The number of thiazole rings is 1. The zero-order valence-electron chi connectivity index (χ0n) is 45.6. The second-order valence-electron chi connectivity index (χ2n) is 21.5. The molecule has 3 aromatic carbocycles. The van der Waals surface area contributed by atoms with Crippen molar-refractivity contribution in [3.63, 3.8) is 0 Å². The van der Waals surface area contributed by atoms with Crippen LogP contribution >= 0.6 is 11.3 Å². The van der Waals surface area contributed by atoms with Crippen molar-refractivity contribution in [2.45, 2.75) is 96.5 Å². The van der Waals surface area contributed by atoms with E-state index in [1.165, 1.54) is 47.4 Å². The number of sulfonamides is 1. The highest BCUT2D eigenvalue weighted by molar-refractivity contribution is 7.93. The number of nitrogens with two attached hydrogens (primary N) is 1. The number of piperidine rings is 1. The summed E-state index contributed by atoms with van der Waals surface area (Å²) in [6.45, 7) is 11.3. The van der Waals surface area contributed by atoms with Gasteiger partial charge in [0.2, 0.25) is 17.7 Å². The van der Waals surface area contributed by atoms with E-state index in [1.54, 1.807) is 47.9 Å². The summed E-state index contributed by atoms with van der Waals surface area (Å²) in [5.41, 5.74) is 13.6. The lowest BCUT2D eigenvalue weighted by Crippen LogP contribution is -2.58. The molecule has 0 bridgehead atoms. The van der Waals surface area contributed by atoms with Crippen molar-refractivity contribution in [1.29, 1.82) is 0 Å². The predicted molar refractivity (Wildman–Crippen MR) is 301 cm³/mol. The van der Waals surface area contributed by atoms with E-state index in [0.29, 0.717) is 39.8 Å². The van der Waals surface area contributed by atoms with Gasteiger partial charge in [-0.3, -0.25) is 28.5 Å². The average molecular weight is 1160 g/mol. The lowest BCUT2D eigenvalue weighted by molar-refractivity contribution is -0.144. The molecule has 9 rings (SSSR count). The minimum atomic E-state index is -5.08. The van der Waals surface area contributed by atoms with Gasteiger partial charge in [0.05, 0.1) is 57.6 Å². The molecule has 2 aliphatic rings. The Labute approximate surface area is 470 Å². The van der Waals surface area contributed by atoms with Gasteiger partial charge in [-0.1, -0.05) is 63.2 Å². The lowest BCUT2D eigenvalue weighted by atomic mass is 9.85. The van der Waals surface area contributed by atoms with E-state index < -0.39 is 63.1 Å². The zero-order chi connectivity index (χ0) is 57.9. The molecule has 7 aromatic rings. The second-order valence-corrected chi connectivity index (χ2v) is 24.0. The minimum Gasteiger partial charge on any atom is -0.484 e. The molecule has 1 unspecified atom stereocenters. The highest BCUT2D eigenvalue weighted by Crippen LogP contribution is 2.41. The number of hydrogen-bond donors (Lipinski definition) is 5. The van der Waals surface area contributed by atoms with Crippen LogP contribution in [0.5, 0.6) is 5.75 Å². The van der Waals surface area contributed by atoms with Crippen molar-refractivity contribution >= 4 is 61.5 Å². The standard InChI is InChI=1S/C56H65F3N12O8S2/c1-32-50(80-31-63-32)36-9-7-34(8-10-36)25-62-53(74)44-24-41(72)29-70(44)54(75)51(56(3,4)5)65-46(73)30-78-22-21-69-19-17-40(18-20-69)71-28-38(26-64-71)42-27-61-52(60)47-48(66-68(6)49(42)47)37-13-16-43(67-81(76,77)55(58)59)45(23-37)79-33(2)35-11-14-39(57)15-12-35/h7-16,23,26-28,31,33,40-41,44,51,55,67,72H,17-22,24-25,29-30H2,1-6H3,(H2,60,61)(H,62,74)(H,65,73)/t33-,41+,44?,51+/m0/s1. The number of likely N-dealkylation sites (tertiary alicyclic amines) is 2. The average Bonchev–Trinajstić information content (AvgIpc) is 4.46. The van der Waals surface area contributed by atoms with Crippen molar-refractivity contribution < 1.29 is 50.6 Å². The van der Waals surface area contributed by atoms with Gasteiger partial charge in [0.15, 0.2) is 0 Å². The van der Waals surface area contributed by atoms with Crippen LogP contribution in [0.25, 0.3) is 43.7 Å². The Morgan fingerprint density at radius 1 is 0.975 bits per heavy atom. The lowest BCUT2D eigenvalue weighted by Gasteiger charge is -2.35. The number of aryl methyl sites for hydroxylation is 2. The fourth-order valence-corrected chi connectivity index (χ4v) is 11.6. The van der Waals surface area contributed by atoms with Crippen LogP contribution < -0.4 is 25.8 Å². The first-order chi connectivity index (χ1) is 38.5.